The maximum Gasteiger partial charge on any atom is 0.0950 e. The summed E-state index contributed by atoms with van der Waals surface area (Å²) in [5.74, 6) is 5.75. The molecule has 1 unspecified atom stereocenters. The van der Waals surface area contributed by atoms with Gasteiger partial charge in [0.1, 0.15) is 0 Å². The van der Waals surface area contributed by atoms with Crippen LogP contribution in [-0.2, 0) is 11.8 Å². The van der Waals surface area contributed by atoms with Crippen LogP contribution >= 0.6 is 22.9 Å². The van der Waals surface area contributed by atoms with Crippen LogP contribution in [0.3, 0.4) is 0 Å². The van der Waals surface area contributed by atoms with E-state index in [-0.39, 0.29) is 11.5 Å². The number of nitrogens with one attached hydrogen (secondary N) is 1. The van der Waals surface area contributed by atoms with Gasteiger partial charge in [-0.25, -0.2) is 4.98 Å². The first-order valence-corrected chi connectivity index (χ1v) is 8.13. The largest absolute Gasteiger partial charge is 0.271 e. The molecule has 0 amide bonds. The number of thiazole rings is 1. The average Bonchev–Trinajstić information content (AvgIpc) is 2.93. The lowest BCUT2D eigenvalue weighted by atomic mass is 9.89. The third-order valence-electron chi connectivity index (χ3n) is 3.19. The molecule has 0 spiro atoms. The number of hydrogen-bond acceptors (Lipinski definition) is 7. The molecule has 0 aromatic carbocycles. The van der Waals surface area contributed by atoms with Crippen molar-refractivity contribution in [1.29, 1.82) is 0 Å². The first kappa shape index (κ1) is 15.5. The molecule has 0 aliphatic heterocycles. The molecule has 110 valence electrons. The van der Waals surface area contributed by atoms with Crippen LogP contribution < -0.4 is 11.3 Å². The lowest BCUT2D eigenvalue weighted by molar-refractivity contribution is 0.514. The Bertz CT molecular complexity index is 562. The summed E-state index contributed by atoms with van der Waals surface area (Å²) in [5.41, 5.74) is 4.96. The second kappa shape index (κ2) is 5.85. The van der Waals surface area contributed by atoms with Gasteiger partial charge in [0.15, 0.2) is 0 Å². The summed E-state index contributed by atoms with van der Waals surface area (Å²) in [5, 5.41) is 5.37. The summed E-state index contributed by atoms with van der Waals surface area (Å²) in [6, 6.07) is 0.00850. The van der Waals surface area contributed by atoms with Crippen molar-refractivity contribution in [3.8, 4) is 0 Å². The quantitative estimate of drug-likeness (QED) is 0.670. The summed E-state index contributed by atoms with van der Waals surface area (Å²) in [6.45, 7) is 10.5. The highest BCUT2D eigenvalue weighted by molar-refractivity contribution is 7.11. The van der Waals surface area contributed by atoms with E-state index in [2.05, 4.69) is 47.7 Å². The fourth-order valence-corrected chi connectivity index (χ4v) is 3.88. The second-order valence-corrected chi connectivity index (χ2v) is 7.98. The zero-order valence-corrected chi connectivity index (χ0v) is 14.2. The van der Waals surface area contributed by atoms with Crippen molar-refractivity contribution >= 4 is 22.9 Å². The Morgan fingerprint density at radius 3 is 2.50 bits per heavy atom. The Morgan fingerprint density at radius 2 is 2.00 bits per heavy atom. The van der Waals surface area contributed by atoms with Gasteiger partial charge in [-0.05, 0) is 25.4 Å². The van der Waals surface area contributed by atoms with Crippen LogP contribution in [0.4, 0.5) is 0 Å². The molecule has 5 nitrogen and oxygen atoms in total. The zero-order chi connectivity index (χ0) is 14.9. The van der Waals surface area contributed by atoms with Gasteiger partial charge in [0.05, 0.1) is 27.3 Å². The van der Waals surface area contributed by atoms with Crippen molar-refractivity contribution in [1.82, 2.24) is 20.0 Å². The van der Waals surface area contributed by atoms with E-state index in [4.69, 9.17) is 5.84 Å². The second-order valence-electron chi connectivity index (χ2n) is 5.91. The van der Waals surface area contributed by atoms with Gasteiger partial charge in [0.2, 0.25) is 0 Å². The minimum Gasteiger partial charge on any atom is -0.271 e. The molecule has 0 bridgehead atoms. The summed E-state index contributed by atoms with van der Waals surface area (Å²) in [4.78, 5) is 6.95. The molecule has 7 heteroatoms. The van der Waals surface area contributed by atoms with Crippen molar-refractivity contribution in [3.05, 3.63) is 26.1 Å². The Balaban J connectivity index is 2.27. The Morgan fingerprint density at radius 1 is 1.30 bits per heavy atom. The van der Waals surface area contributed by atoms with Gasteiger partial charge in [-0.1, -0.05) is 25.3 Å². The smallest absolute Gasteiger partial charge is 0.0950 e. The molecule has 3 N–H and O–H groups in total. The van der Waals surface area contributed by atoms with Crippen LogP contribution in [0, 0.1) is 13.8 Å². The maximum atomic E-state index is 5.75. The molecule has 2 aromatic heterocycles. The SMILES string of the molecule is Cc1nc(CC(NN)c2snnc2C(C)(C)C)sc1C. The number of aryl methyl sites for hydroxylation is 2. The average molecular weight is 311 g/mol. The topological polar surface area (TPSA) is 76.7 Å². The van der Waals surface area contributed by atoms with E-state index in [1.807, 2.05) is 6.92 Å². The van der Waals surface area contributed by atoms with E-state index in [0.29, 0.717) is 0 Å². The minimum absolute atomic E-state index is 0.00850. The van der Waals surface area contributed by atoms with Crippen molar-refractivity contribution in [2.75, 3.05) is 0 Å². The molecular weight excluding hydrogens is 290 g/mol. The van der Waals surface area contributed by atoms with Crippen molar-refractivity contribution in [2.45, 2.75) is 52.5 Å². The molecule has 0 saturated heterocycles. The number of aromatic nitrogens is 3. The number of nitrogens with two attached hydrogens (primary N) is 1. The fourth-order valence-electron chi connectivity index (χ4n) is 1.97. The maximum absolute atomic E-state index is 5.75. The molecular formula is C13H21N5S2. The minimum atomic E-state index is -0.0356. The van der Waals surface area contributed by atoms with Gasteiger partial charge >= 0.3 is 0 Å². The van der Waals surface area contributed by atoms with E-state index in [1.54, 1.807) is 11.3 Å². The van der Waals surface area contributed by atoms with Gasteiger partial charge in [0.25, 0.3) is 0 Å². The molecule has 0 radical (unpaired) electrons. The van der Waals surface area contributed by atoms with Crippen LogP contribution in [0.15, 0.2) is 0 Å². The molecule has 2 rings (SSSR count). The van der Waals surface area contributed by atoms with Gasteiger partial charge in [-0.3, -0.25) is 11.3 Å². The Kier molecular flexibility index (Phi) is 4.53. The predicted molar refractivity (Wildman–Crippen MR) is 84.0 cm³/mol. The molecule has 20 heavy (non-hydrogen) atoms. The molecule has 2 heterocycles. The van der Waals surface area contributed by atoms with Crippen molar-refractivity contribution in [2.24, 2.45) is 5.84 Å². The van der Waals surface area contributed by atoms with Crippen molar-refractivity contribution in [3.63, 3.8) is 0 Å². The van der Waals surface area contributed by atoms with E-state index in [9.17, 15) is 0 Å². The standard InChI is InChI=1S/C13H21N5S2/c1-7-8(2)19-10(15-7)6-9(16-14)11-12(13(3,4)5)17-18-20-11/h9,16H,6,14H2,1-5H3. The summed E-state index contributed by atoms with van der Waals surface area (Å²) < 4.78 is 4.10. The third kappa shape index (κ3) is 3.22. The van der Waals surface area contributed by atoms with Crippen LogP contribution in [0.2, 0.25) is 0 Å². The number of hydrazine groups is 1. The lowest BCUT2D eigenvalue weighted by Gasteiger charge is -2.20. The molecule has 0 saturated carbocycles. The normalized spacial score (nSPS) is 13.7. The van der Waals surface area contributed by atoms with Gasteiger partial charge in [-0.2, -0.15) is 0 Å². The van der Waals surface area contributed by atoms with Crippen molar-refractivity contribution < 1.29 is 0 Å². The highest BCUT2D eigenvalue weighted by Crippen LogP contribution is 2.32. The highest BCUT2D eigenvalue weighted by atomic mass is 32.1. The Labute approximate surface area is 127 Å². The van der Waals surface area contributed by atoms with Gasteiger partial charge < -0.3 is 0 Å². The number of rotatable bonds is 4. The predicted octanol–water partition coefficient (Wildman–Crippen LogP) is 2.66. The van der Waals surface area contributed by atoms with Crippen LogP contribution in [-0.4, -0.2) is 14.6 Å². The number of hydrogen-bond donors (Lipinski definition) is 2. The van der Waals surface area contributed by atoms with E-state index in [0.717, 1.165) is 27.7 Å². The molecule has 2 aromatic rings. The zero-order valence-electron chi connectivity index (χ0n) is 12.5. The fraction of sp³-hybridized carbons (Fsp3) is 0.615. The van der Waals surface area contributed by atoms with Crippen LogP contribution in [0.5, 0.6) is 0 Å². The van der Waals surface area contributed by atoms with E-state index < -0.39 is 0 Å². The molecule has 1 atom stereocenters. The lowest BCUT2D eigenvalue weighted by Crippen LogP contribution is -2.31. The summed E-state index contributed by atoms with van der Waals surface area (Å²) >= 11 is 3.14. The monoisotopic (exact) mass is 311 g/mol. The third-order valence-corrected chi connectivity index (χ3v) is 5.13. The molecule has 0 fully saturated rings. The number of nitrogens with zero attached hydrogens (tertiary/aromatic N) is 3. The molecule has 0 aliphatic carbocycles. The summed E-state index contributed by atoms with van der Waals surface area (Å²) in [7, 11) is 0. The molecule has 0 aliphatic rings. The van der Waals surface area contributed by atoms with Gasteiger partial charge in [-0.15, -0.1) is 16.4 Å². The van der Waals surface area contributed by atoms with Crippen LogP contribution in [0.25, 0.3) is 0 Å². The van der Waals surface area contributed by atoms with Gasteiger partial charge in [0, 0.05) is 16.7 Å². The van der Waals surface area contributed by atoms with Crippen LogP contribution in [0.1, 0.15) is 53.0 Å². The summed E-state index contributed by atoms with van der Waals surface area (Å²) in [6.07, 6.45) is 0.767. The first-order chi connectivity index (χ1) is 9.32. The Hall–Kier alpha value is -0.890. The van der Waals surface area contributed by atoms with E-state index in [1.165, 1.54) is 16.4 Å². The first-order valence-electron chi connectivity index (χ1n) is 6.54. The highest BCUT2D eigenvalue weighted by Gasteiger charge is 2.27. The van der Waals surface area contributed by atoms with E-state index >= 15 is 0 Å².